The van der Waals surface area contributed by atoms with Gasteiger partial charge in [0.2, 0.25) is 5.91 Å². The predicted octanol–water partition coefficient (Wildman–Crippen LogP) is 2.29. The molecule has 2 N–H and O–H groups in total. The fourth-order valence-corrected chi connectivity index (χ4v) is 3.50. The van der Waals surface area contributed by atoms with E-state index in [1.165, 1.54) is 0 Å². The summed E-state index contributed by atoms with van der Waals surface area (Å²) in [4.78, 5) is 24.3. The Morgan fingerprint density at radius 3 is 2.96 bits per heavy atom. The molecule has 0 spiro atoms. The minimum Gasteiger partial charge on any atom is -0.381 e. The van der Waals surface area contributed by atoms with Gasteiger partial charge in [-0.2, -0.15) is 5.10 Å². The monoisotopic (exact) mass is 340 g/mol. The van der Waals surface area contributed by atoms with Crippen LogP contribution in [-0.2, 0) is 16.0 Å². The summed E-state index contributed by atoms with van der Waals surface area (Å²) in [6, 6.07) is 5.64. The van der Waals surface area contributed by atoms with Gasteiger partial charge in [0.15, 0.2) is 0 Å². The fourth-order valence-electron chi connectivity index (χ4n) is 3.50. The van der Waals surface area contributed by atoms with E-state index in [1.807, 2.05) is 17.7 Å². The molecule has 25 heavy (non-hydrogen) atoms. The normalized spacial score (nSPS) is 17.2. The highest BCUT2D eigenvalue weighted by Gasteiger charge is 2.25. The number of amides is 2. The Labute approximate surface area is 145 Å². The van der Waals surface area contributed by atoms with E-state index in [-0.39, 0.29) is 18.2 Å². The summed E-state index contributed by atoms with van der Waals surface area (Å²) >= 11 is 0. The van der Waals surface area contributed by atoms with Gasteiger partial charge >= 0.3 is 0 Å². The third-order valence-corrected chi connectivity index (χ3v) is 4.86. The molecule has 2 aromatic rings. The molecule has 7 heteroatoms. The van der Waals surface area contributed by atoms with Crippen LogP contribution in [0.25, 0.3) is 0 Å². The Bertz CT molecular complexity index is 837. The van der Waals surface area contributed by atoms with E-state index < -0.39 is 0 Å². The fraction of sp³-hybridized carbons (Fsp3) is 0.389. The molecule has 3 heterocycles. The zero-order chi connectivity index (χ0) is 17.4. The molecule has 1 saturated heterocycles. The van der Waals surface area contributed by atoms with Crippen LogP contribution in [0.3, 0.4) is 0 Å². The minimum absolute atomic E-state index is 0.0845. The number of hydrogen-bond donors (Lipinski definition) is 2. The molecular formula is C18H20N4O3. The van der Waals surface area contributed by atoms with Crippen LogP contribution in [0, 0.1) is 6.92 Å². The van der Waals surface area contributed by atoms with E-state index in [0.717, 1.165) is 37.3 Å². The second-order valence-corrected chi connectivity index (χ2v) is 6.44. The van der Waals surface area contributed by atoms with E-state index in [2.05, 4.69) is 15.7 Å². The zero-order valence-corrected chi connectivity index (χ0v) is 14.0. The van der Waals surface area contributed by atoms with Gasteiger partial charge < -0.3 is 15.4 Å². The van der Waals surface area contributed by atoms with Crippen molar-refractivity contribution in [3.63, 3.8) is 0 Å². The third-order valence-electron chi connectivity index (χ3n) is 4.86. The van der Waals surface area contributed by atoms with Crippen molar-refractivity contribution in [2.24, 2.45) is 0 Å². The summed E-state index contributed by atoms with van der Waals surface area (Å²) in [6.45, 7) is 3.43. The lowest BCUT2D eigenvalue weighted by atomic mass is 10.0. The van der Waals surface area contributed by atoms with Gasteiger partial charge in [0.25, 0.3) is 5.91 Å². The number of anilines is 2. The highest BCUT2D eigenvalue weighted by molar-refractivity contribution is 6.10. The maximum Gasteiger partial charge on any atom is 0.256 e. The van der Waals surface area contributed by atoms with E-state index >= 15 is 0 Å². The molecule has 0 unspecified atom stereocenters. The zero-order valence-electron chi connectivity index (χ0n) is 14.0. The van der Waals surface area contributed by atoms with Crippen molar-refractivity contribution < 1.29 is 14.3 Å². The first-order valence-electron chi connectivity index (χ1n) is 8.48. The molecule has 1 fully saturated rings. The molecule has 1 aromatic heterocycles. The number of benzene rings is 1. The van der Waals surface area contributed by atoms with Crippen molar-refractivity contribution in [3.8, 4) is 0 Å². The minimum atomic E-state index is -0.219. The van der Waals surface area contributed by atoms with E-state index in [0.29, 0.717) is 23.0 Å². The molecule has 0 aliphatic carbocycles. The van der Waals surface area contributed by atoms with Crippen molar-refractivity contribution in [3.05, 3.63) is 41.2 Å². The number of hydrogen-bond acceptors (Lipinski definition) is 4. The maximum atomic E-state index is 12.7. The maximum absolute atomic E-state index is 12.7. The third kappa shape index (κ3) is 2.91. The molecule has 0 saturated carbocycles. The number of fused-ring (bicyclic) bond motifs is 1. The average Bonchev–Trinajstić information content (AvgIpc) is 3.17. The molecule has 130 valence electrons. The van der Waals surface area contributed by atoms with Crippen LogP contribution in [0.1, 0.15) is 40.5 Å². The van der Waals surface area contributed by atoms with E-state index in [4.69, 9.17) is 4.74 Å². The topological polar surface area (TPSA) is 85.3 Å². The summed E-state index contributed by atoms with van der Waals surface area (Å²) < 4.78 is 7.37. The van der Waals surface area contributed by atoms with Crippen molar-refractivity contribution in [1.29, 1.82) is 0 Å². The second-order valence-electron chi connectivity index (χ2n) is 6.44. The van der Waals surface area contributed by atoms with E-state index in [1.54, 1.807) is 18.3 Å². The molecule has 1 aromatic carbocycles. The van der Waals surface area contributed by atoms with Gasteiger partial charge in [-0.15, -0.1) is 0 Å². The van der Waals surface area contributed by atoms with Crippen molar-refractivity contribution >= 4 is 23.2 Å². The molecule has 2 amide bonds. The summed E-state index contributed by atoms with van der Waals surface area (Å²) in [6.07, 6.45) is 3.78. The summed E-state index contributed by atoms with van der Waals surface area (Å²) in [5.41, 5.74) is 3.62. The smallest absolute Gasteiger partial charge is 0.256 e. The van der Waals surface area contributed by atoms with Crippen LogP contribution in [0.4, 0.5) is 11.4 Å². The average molecular weight is 340 g/mol. The van der Waals surface area contributed by atoms with Gasteiger partial charge in [-0.3, -0.25) is 14.3 Å². The highest BCUT2D eigenvalue weighted by atomic mass is 16.5. The number of carbonyl (C=O) groups is 2. The number of nitrogens with zero attached hydrogens (tertiary/aromatic N) is 2. The van der Waals surface area contributed by atoms with Crippen molar-refractivity contribution in [2.45, 2.75) is 32.2 Å². The quantitative estimate of drug-likeness (QED) is 0.898. The summed E-state index contributed by atoms with van der Waals surface area (Å²) in [5, 5.41) is 10.2. The van der Waals surface area contributed by atoms with Gasteiger partial charge in [-0.1, -0.05) is 6.07 Å². The summed E-state index contributed by atoms with van der Waals surface area (Å²) in [7, 11) is 0. The van der Waals surface area contributed by atoms with Gasteiger partial charge in [0.1, 0.15) is 0 Å². The Morgan fingerprint density at radius 2 is 2.16 bits per heavy atom. The first-order valence-corrected chi connectivity index (χ1v) is 8.48. The van der Waals surface area contributed by atoms with Gasteiger partial charge in [0, 0.05) is 24.5 Å². The molecule has 0 radical (unpaired) electrons. The lowest BCUT2D eigenvalue weighted by molar-refractivity contribution is -0.115. The molecule has 0 bridgehead atoms. The van der Waals surface area contributed by atoms with Gasteiger partial charge in [-0.05, 0) is 37.5 Å². The van der Waals surface area contributed by atoms with Crippen LogP contribution in [0.5, 0.6) is 0 Å². The summed E-state index contributed by atoms with van der Waals surface area (Å²) in [5.74, 6) is -0.304. The Balaban J connectivity index is 1.55. The highest BCUT2D eigenvalue weighted by Crippen LogP contribution is 2.28. The lowest BCUT2D eigenvalue weighted by Crippen LogP contribution is -2.21. The number of nitrogens with one attached hydrogen (secondary N) is 2. The SMILES string of the molecule is Cc1c(NC(=O)c2cccc3c2CC(=O)N3)cnn1C1CCOCC1. The first kappa shape index (κ1) is 15.8. The van der Waals surface area contributed by atoms with Gasteiger partial charge in [-0.25, -0.2) is 0 Å². The predicted molar refractivity (Wildman–Crippen MR) is 92.8 cm³/mol. The van der Waals surface area contributed by atoms with Crippen LogP contribution in [0.15, 0.2) is 24.4 Å². The van der Waals surface area contributed by atoms with Gasteiger partial charge in [0.05, 0.1) is 30.0 Å². The molecule has 2 aliphatic rings. The molecule has 2 aliphatic heterocycles. The number of aromatic nitrogens is 2. The number of carbonyl (C=O) groups excluding carboxylic acids is 2. The van der Waals surface area contributed by atoms with E-state index in [9.17, 15) is 9.59 Å². The molecular weight excluding hydrogens is 320 g/mol. The Hall–Kier alpha value is -2.67. The molecule has 4 rings (SSSR count). The van der Waals surface area contributed by atoms with Crippen molar-refractivity contribution in [1.82, 2.24) is 9.78 Å². The molecule has 7 nitrogen and oxygen atoms in total. The first-order chi connectivity index (χ1) is 12.1. The van der Waals surface area contributed by atoms with Crippen LogP contribution >= 0.6 is 0 Å². The number of ether oxygens (including phenoxy) is 1. The second kappa shape index (κ2) is 6.33. The van der Waals surface area contributed by atoms with Crippen LogP contribution in [-0.4, -0.2) is 34.8 Å². The van der Waals surface area contributed by atoms with Crippen LogP contribution in [0.2, 0.25) is 0 Å². The molecule has 0 atom stereocenters. The number of rotatable bonds is 3. The lowest BCUT2D eigenvalue weighted by Gasteiger charge is -2.23. The largest absolute Gasteiger partial charge is 0.381 e. The Kier molecular flexibility index (Phi) is 4.01. The van der Waals surface area contributed by atoms with Crippen molar-refractivity contribution in [2.75, 3.05) is 23.8 Å². The van der Waals surface area contributed by atoms with Crippen LogP contribution < -0.4 is 10.6 Å². The standard InChI is InChI=1S/C18H20N4O3/c1-11-16(10-19-22(11)12-5-7-25-8-6-12)21-18(24)13-3-2-4-15-14(13)9-17(23)20-15/h2-4,10,12H,5-9H2,1H3,(H,20,23)(H,21,24). The Morgan fingerprint density at radius 1 is 1.36 bits per heavy atom.